The average molecular weight is 1010 g/mol. The maximum Gasteiger partial charge on any atom is 0.0592 e. The molecular formula is C66H72N6P2. The van der Waals surface area contributed by atoms with E-state index in [1.807, 2.05) is 0 Å². The van der Waals surface area contributed by atoms with Crippen molar-refractivity contribution in [3.63, 3.8) is 0 Å². The third-order valence-electron chi connectivity index (χ3n) is 21.8. The summed E-state index contributed by atoms with van der Waals surface area (Å²) in [6, 6.07) is 78.9. The molecule has 74 heavy (non-hydrogen) atoms. The summed E-state index contributed by atoms with van der Waals surface area (Å²) in [5, 5.41) is 0. The van der Waals surface area contributed by atoms with Crippen LogP contribution in [0.1, 0.15) is 77.0 Å². The van der Waals surface area contributed by atoms with Crippen molar-refractivity contribution in [1.29, 1.82) is 0 Å². The van der Waals surface area contributed by atoms with Gasteiger partial charge in [0.15, 0.2) is 0 Å². The van der Waals surface area contributed by atoms with Crippen molar-refractivity contribution in [1.82, 2.24) is 0 Å². The van der Waals surface area contributed by atoms with Gasteiger partial charge in [0.2, 0.25) is 0 Å². The molecule has 6 aromatic carbocycles. The minimum Gasteiger partial charge on any atom is -0.364 e. The summed E-state index contributed by atoms with van der Waals surface area (Å²) in [6.07, 6.45) is 15.9. The van der Waals surface area contributed by atoms with Crippen LogP contribution in [0.2, 0.25) is 0 Å². The second-order valence-electron chi connectivity index (χ2n) is 24.5. The number of anilines is 6. The Hall–Kier alpha value is -5.02. The number of benzene rings is 6. The predicted octanol–water partition coefficient (Wildman–Crippen LogP) is 13.5. The number of hydrogen-bond donors (Lipinski definition) is 0. The Morgan fingerprint density at radius 1 is 0.216 bits per heavy atom. The fourth-order valence-corrected chi connectivity index (χ4v) is 30.8. The van der Waals surface area contributed by atoms with E-state index in [2.05, 4.69) is 211 Å². The molecule has 17 rings (SSSR count). The van der Waals surface area contributed by atoms with Crippen LogP contribution < -0.4 is 29.4 Å². The van der Waals surface area contributed by atoms with Crippen LogP contribution in [-0.4, -0.2) is 106 Å². The molecule has 0 spiro atoms. The molecule has 0 bridgehead atoms. The van der Waals surface area contributed by atoms with Crippen molar-refractivity contribution >= 4 is 50.0 Å². The Morgan fingerprint density at radius 2 is 0.392 bits per heavy atom. The van der Waals surface area contributed by atoms with Crippen LogP contribution in [0, 0.1) is 0 Å². The van der Waals surface area contributed by atoms with Gasteiger partial charge in [0.1, 0.15) is 0 Å². The number of nitrogens with zero attached hydrogens (tertiary/aromatic N) is 6. The van der Waals surface area contributed by atoms with Gasteiger partial charge in [-0.05, 0) is 150 Å². The monoisotopic (exact) mass is 1010 g/mol. The molecule has 0 N–H and O–H groups in total. The molecule has 8 heteroatoms. The summed E-state index contributed by atoms with van der Waals surface area (Å²) in [5.74, 6) is 0. The summed E-state index contributed by atoms with van der Waals surface area (Å²) in [5.41, 5.74) is 12.8. The zero-order chi connectivity index (χ0) is 48.2. The molecule has 5 aliphatic carbocycles. The Morgan fingerprint density at radius 3 is 0.595 bits per heavy atom. The van der Waals surface area contributed by atoms with E-state index in [9.17, 15) is 0 Å². The molecule has 6 aliphatic heterocycles. The second-order valence-corrected chi connectivity index (χ2v) is 29.9. The van der Waals surface area contributed by atoms with Gasteiger partial charge < -0.3 is 29.4 Å². The van der Waals surface area contributed by atoms with Crippen molar-refractivity contribution in [2.45, 2.75) is 184 Å². The first-order valence-corrected chi connectivity index (χ1v) is 32.5. The Labute approximate surface area is 442 Å². The van der Waals surface area contributed by atoms with Crippen molar-refractivity contribution in [3.05, 3.63) is 182 Å². The number of rotatable bonds is 6. The average Bonchev–Trinajstić information content (AvgIpc) is 3.49. The van der Waals surface area contributed by atoms with Gasteiger partial charge in [-0.3, -0.25) is 0 Å². The van der Waals surface area contributed by atoms with Gasteiger partial charge in [-0.15, -0.1) is 0 Å². The third-order valence-corrected chi connectivity index (χ3v) is 29.9. The highest BCUT2D eigenvalue weighted by Gasteiger charge is 2.78. The van der Waals surface area contributed by atoms with E-state index in [0.29, 0.717) is 106 Å². The Bertz CT molecular complexity index is 2610. The minimum atomic E-state index is -0.421. The molecule has 6 heterocycles. The van der Waals surface area contributed by atoms with Crippen LogP contribution in [-0.2, 0) is 0 Å². The smallest absolute Gasteiger partial charge is 0.0592 e. The molecule has 6 nitrogen and oxygen atoms in total. The predicted molar refractivity (Wildman–Crippen MR) is 311 cm³/mol. The fourth-order valence-electron chi connectivity index (χ4n) is 20.2. The SMILES string of the molecule is c1ccc(N2C3CCCC4C3P3C5C2CCCC5N(c2ccccc2)C2C5C6C(C(C23)N4c2ccccc2)N(c2ccccc2)C2CCCC3C2P6C2C(CCCC2N5c2ccccc2)N3c2ccccc2)cc1. The van der Waals surface area contributed by atoms with Crippen molar-refractivity contribution in [2.24, 2.45) is 0 Å². The van der Waals surface area contributed by atoms with Crippen LogP contribution in [0.4, 0.5) is 34.1 Å². The third kappa shape index (κ3) is 6.08. The largest absolute Gasteiger partial charge is 0.364 e. The highest BCUT2D eigenvalue weighted by molar-refractivity contribution is 7.61. The lowest BCUT2D eigenvalue weighted by molar-refractivity contribution is 0.146. The molecule has 0 amide bonds. The van der Waals surface area contributed by atoms with Crippen LogP contribution in [0.5, 0.6) is 0 Å². The van der Waals surface area contributed by atoms with Gasteiger partial charge in [0.05, 0.1) is 24.2 Å². The molecule has 376 valence electrons. The van der Waals surface area contributed by atoms with E-state index in [1.165, 1.54) is 111 Å². The molecule has 11 fully saturated rings. The minimum absolute atomic E-state index is 0.417. The van der Waals surface area contributed by atoms with Gasteiger partial charge in [0.25, 0.3) is 0 Å². The van der Waals surface area contributed by atoms with E-state index in [0.717, 1.165) is 0 Å². The fraction of sp³-hybridized carbons (Fsp3) is 0.455. The highest BCUT2D eigenvalue weighted by atomic mass is 31.1. The lowest BCUT2D eigenvalue weighted by Gasteiger charge is -2.81. The van der Waals surface area contributed by atoms with Gasteiger partial charge >= 0.3 is 0 Å². The second kappa shape index (κ2) is 17.2. The highest BCUT2D eigenvalue weighted by Crippen LogP contribution is 2.79. The summed E-state index contributed by atoms with van der Waals surface area (Å²) in [7, 11) is -0.842. The quantitative estimate of drug-likeness (QED) is 0.154. The number of hydrogen-bond acceptors (Lipinski definition) is 6. The normalized spacial score (nSPS) is 40.7. The van der Waals surface area contributed by atoms with E-state index < -0.39 is 15.8 Å². The topological polar surface area (TPSA) is 19.4 Å². The van der Waals surface area contributed by atoms with Crippen molar-refractivity contribution in [2.75, 3.05) is 29.4 Å². The summed E-state index contributed by atoms with van der Waals surface area (Å²) >= 11 is 0. The van der Waals surface area contributed by atoms with Crippen LogP contribution >= 0.6 is 15.8 Å². The Balaban J connectivity index is 0.980. The molecule has 0 aromatic heterocycles. The van der Waals surface area contributed by atoms with Gasteiger partial charge in [-0.25, -0.2) is 0 Å². The van der Waals surface area contributed by atoms with E-state index in [1.54, 1.807) is 0 Å². The van der Waals surface area contributed by atoms with Crippen LogP contribution in [0.3, 0.4) is 0 Å². The molecule has 5 saturated carbocycles. The van der Waals surface area contributed by atoms with Gasteiger partial charge in [-0.2, -0.15) is 0 Å². The van der Waals surface area contributed by atoms with Gasteiger partial charge in [0, 0.05) is 116 Å². The summed E-state index contributed by atoms with van der Waals surface area (Å²) < 4.78 is 0. The lowest BCUT2D eigenvalue weighted by atomic mass is 9.70. The maximum atomic E-state index is 3.29. The van der Waals surface area contributed by atoms with Crippen LogP contribution in [0.15, 0.2) is 182 Å². The molecule has 16 unspecified atom stereocenters. The molecule has 6 saturated heterocycles. The number of para-hydroxylation sites is 6. The summed E-state index contributed by atoms with van der Waals surface area (Å²) in [6.45, 7) is 0. The molecular weight excluding hydrogens is 939 g/mol. The van der Waals surface area contributed by atoms with E-state index in [-0.39, 0.29) is 0 Å². The zero-order valence-electron chi connectivity index (χ0n) is 42.8. The molecule has 0 radical (unpaired) electrons. The number of fused-ring (bicyclic) bond motifs is 2. The first kappa shape index (κ1) is 44.1. The molecule has 6 aromatic rings. The van der Waals surface area contributed by atoms with Crippen molar-refractivity contribution in [3.8, 4) is 0 Å². The zero-order valence-corrected chi connectivity index (χ0v) is 44.6. The first-order chi connectivity index (χ1) is 36.8. The van der Waals surface area contributed by atoms with Crippen LogP contribution in [0.25, 0.3) is 0 Å². The first-order valence-electron chi connectivity index (χ1n) is 29.4. The van der Waals surface area contributed by atoms with Crippen molar-refractivity contribution < 1.29 is 0 Å². The molecule has 16 atom stereocenters. The maximum absolute atomic E-state index is 3.29. The Kier molecular flexibility index (Phi) is 10.3. The van der Waals surface area contributed by atoms with E-state index >= 15 is 0 Å². The standard InChI is InChI=1S/C66H72N6P2/c1-7-23-43(24-8-1)67-49-35-19-39-53-61(49)73-62-50(67)36-20-40-54(62)70(46-29-13-4-14-30-46)58-60-66-59(57(65(58)73)69(53)45-27-11-3-12-28-45)71(47-31-15-5-16-32-47)55-41-21-37-51-63(55)74(66)64-52(68(51)44-25-9-2-10-26-44)38-22-42-56(64)72(60)48-33-17-6-18-34-48/h1-18,23-34,49-66H,19-22,35-42H2. The van der Waals surface area contributed by atoms with E-state index in [4.69, 9.17) is 0 Å². The molecule has 11 aliphatic rings. The lowest BCUT2D eigenvalue weighted by Crippen LogP contribution is -2.90. The summed E-state index contributed by atoms with van der Waals surface area (Å²) in [4.78, 5) is 19.4. The van der Waals surface area contributed by atoms with Gasteiger partial charge in [-0.1, -0.05) is 125 Å².